The van der Waals surface area contributed by atoms with Crippen LogP contribution >= 0.6 is 11.6 Å². The molecule has 0 aliphatic carbocycles. The van der Waals surface area contributed by atoms with E-state index in [9.17, 15) is 0 Å². The standard InChI is InChI=1S/C15H11ClO/c16-9-12-7-4-8-13-14(10-17-15(12)13)11-5-2-1-3-6-11/h1-8,10H,9H2. The highest BCUT2D eigenvalue weighted by Crippen LogP contribution is 2.32. The smallest absolute Gasteiger partial charge is 0.138 e. The van der Waals surface area contributed by atoms with Crippen LogP contribution in [0.15, 0.2) is 59.2 Å². The molecule has 0 unspecified atom stereocenters. The Morgan fingerprint density at radius 2 is 1.76 bits per heavy atom. The fourth-order valence-electron chi connectivity index (χ4n) is 2.06. The number of hydrogen-bond donors (Lipinski definition) is 0. The van der Waals surface area contributed by atoms with Crippen LogP contribution in [0.3, 0.4) is 0 Å². The molecule has 0 aliphatic rings. The van der Waals surface area contributed by atoms with Crippen LogP contribution in [-0.2, 0) is 5.88 Å². The normalized spacial score (nSPS) is 10.9. The van der Waals surface area contributed by atoms with Gasteiger partial charge in [0.05, 0.1) is 12.1 Å². The Kier molecular flexibility index (Phi) is 2.62. The Hall–Kier alpha value is -1.73. The van der Waals surface area contributed by atoms with Gasteiger partial charge in [-0.05, 0) is 5.56 Å². The second kappa shape index (κ2) is 4.27. The second-order valence-corrected chi connectivity index (χ2v) is 4.21. The van der Waals surface area contributed by atoms with Gasteiger partial charge in [0, 0.05) is 16.5 Å². The van der Waals surface area contributed by atoms with Gasteiger partial charge >= 0.3 is 0 Å². The van der Waals surface area contributed by atoms with Crippen LogP contribution in [-0.4, -0.2) is 0 Å². The van der Waals surface area contributed by atoms with E-state index < -0.39 is 0 Å². The number of furan rings is 1. The summed E-state index contributed by atoms with van der Waals surface area (Å²) < 4.78 is 5.64. The summed E-state index contributed by atoms with van der Waals surface area (Å²) in [6.45, 7) is 0. The molecule has 84 valence electrons. The van der Waals surface area contributed by atoms with E-state index in [0.29, 0.717) is 5.88 Å². The molecular formula is C15H11ClO. The minimum Gasteiger partial charge on any atom is -0.463 e. The van der Waals surface area contributed by atoms with Gasteiger partial charge in [-0.1, -0.05) is 48.5 Å². The maximum absolute atomic E-state index is 5.90. The number of fused-ring (bicyclic) bond motifs is 1. The first-order chi connectivity index (χ1) is 8.40. The van der Waals surface area contributed by atoms with Crippen LogP contribution in [0.1, 0.15) is 5.56 Å². The molecule has 17 heavy (non-hydrogen) atoms. The van der Waals surface area contributed by atoms with Gasteiger partial charge in [-0.15, -0.1) is 11.6 Å². The molecule has 0 radical (unpaired) electrons. The molecule has 1 heterocycles. The largest absolute Gasteiger partial charge is 0.463 e. The topological polar surface area (TPSA) is 13.1 Å². The zero-order valence-corrected chi connectivity index (χ0v) is 9.95. The van der Waals surface area contributed by atoms with Gasteiger partial charge in [-0.3, -0.25) is 0 Å². The lowest BCUT2D eigenvalue weighted by Crippen LogP contribution is -1.79. The summed E-state index contributed by atoms with van der Waals surface area (Å²) in [4.78, 5) is 0. The van der Waals surface area contributed by atoms with Crippen molar-refractivity contribution in [3.8, 4) is 11.1 Å². The number of alkyl halides is 1. The summed E-state index contributed by atoms with van der Waals surface area (Å²) in [6.07, 6.45) is 1.80. The highest BCUT2D eigenvalue weighted by Gasteiger charge is 2.10. The van der Waals surface area contributed by atoms with Gasteiger partial charge in [0.15, 0.2) is 0 Å². The van der Waals surface area contributed by atoms with E-state index in [2.05, 4.69) is 18.2 Å². The fourth-order valence-corrected chi connectivity index (χ4v) is 2.27. The summed E-state index contributed by atoms with van der Waals surface area (Å²) >= 11 is 5.90. The van der Waals surface area contributed by atoms with Crippen molar-refractivity contribution in [1.29, 1.82) is 0 Å². The van der Waals surface area contributed by atoms with E-state index in [0.717, 1.165) is 27.7 Å². The molecule has 3 aromatic rings. The molecule has 0 fully saturated rings. The van der Waals surface area contributed by atoms with E-state index in [1.54, 1.807) is 6.26 Å². The predicted octanol–water partition coefficient (Wildman–Crippen LogP) is 4.84. The zero-order valence-electron chi connectivity index (χ0n) is 9.19. The number of para-hydroxylation sites is 1. The van der Waals surface area contributed by atoms with Gasteiger partial charge < -0.3 is 4.42 Å². The quantitative estimate of drug-likeness (QED) is 0.586. The summed E-state index contributed by atoms with van der Waals surface area (Å²) in [5.41, 5.74) is 4.21. The van der Waals surface area contributed by atoms with Crippen molar-refractivity contribution in [2.75, 3.05) is 0 Å². The van der Waals surface area contributed by atoms with E-state index in [1.165, 1.54) is 0 Å². The molecule has 2 aromatic carbocycles. The number of rotatable bonds is 2. The maximum Gasteiger partial charge on any atom is 0.138 e. The fraction of sp³-hybridized carbons (Fsp3) is 0.0667. The molecule has 0 atom stereocenters. The summed E-state index contributed by atoms with van der Waals surface area (Å²) in [5.74, 6) is 0.471. The third-order valence-corrected chi connectivity index (χ3v) is 3.20. The first kappa shape index (κ1) is 10.4. The predicted molar refractivity (Wildman–Crippen MR) is 71.2 cm³/mol. The lowest BCUT2D eigenvalue weighted by molar-refractivity contribution is 0.614. The number of benzene rings is 2. The second-order valence-electron chi connectivity index (χ2n) is 3.94. The van der Waals surface area contributed by atoms with Crippen molar-refractivity contribution >= 4 is 22.6 Å². The molecule has 0 bridgehead atoms. The van der Waals surface area contributed by atoms with Crippen LogP contribution in [0.5, 0.6) is 0 Å². The van der Waals surface area contributed by atoms with Crippen LogP contribution in [0.25, 0.3) is 22.1 Å². The first-order valence-electron chi connectivity index (χ1n) is 5.50. The van der Waals surface area contributed by atoms with E-state index >= 15 is 0 Å². The first-order valence-corrected chi connectivity index (χ1v) is 6.04. The lowest BCUT2D eigenvalue weighted by atomic mass is 10.0. The van der Waals surface area contributed by atoms with Crippen molar-refractivity contribution in [2.45, 2.75) is 5.88 Å². The Balaban J connectivity index is 2.26. The molecule has 2 heteroatoms. The van der Waals surface area contributed by atoms with Crippen molar-refractivity contribution in [3.05, 3.63) is 60.4 Å². The van der Waals surface area contributed by atoms with E-state index in [4.69, 9.17) is 16.0 Å². The van der Waals surface area contributed by atoms with Crippen molar-refractivity contribution in [3.63, 3.8) is 0 Å². The third kappa shape index (κ3) is 1.73. The number of hydrogen-bond acceptors (Lipinski definition) is 1. The SMILES string of the molecule is ClCc1cccc2c(-c3ccccc3)coc12. The van der Waals surface area contributed by atoms with Crippen LogP contribution in [0, 0.1) is 0 Å². The minimum atomic E-state index is 0.471. The molecule has 0 aliphatic heterocycles. The third-order valence-electron chi connectivity index (χ3n) is 2.91. The van der Waals surface area contributed by atoms with E-state index in [-0.39, 0.29) is 0 Å². The number of halogens is 1. The van der Waals surface area contributed by atoms with Gasteiger partial charge in [0.2, 0.25) is 0 Å². The van der Waals surface area contributed by atoms with Crippen molar-refractivity contribution < 1.29 is 4.42 Å². The molecule has 1 nitrogen and oxygen atoms in total. The Labute approximate surface area is 105 Å². The average molecular weight is 243 g/mol. The Morgan fingerprint density at radius 1 is 0.941 bits per heavy atom. The lowest BCUT2D eigenvalue weighted by Gasteiger charge is -1.99. The highest BCUT2D eigenvalue weighted by molar-refractivity contribution is 6.18. The summed E-state index contributed by atoms with van der Waals surface area (Å²) in [6, 6.07) is 16.3. The van der Waals surface area contributed by atoms with Gasteiger partial charge in [0.1, 0.15) is 5.58 Å². The molecule has 0 saturated carbocycles. The maximum atomic E-state index is 5.90. The van der Waals surface area contributed by atoms with E-state index in [1.807, 2.05) is 30.3 Å². The summed E-state index contributed by atoms with van der Waals surface area (Å²) in [7, 11) is 0. The molecule has 0 spiro atoms. The van der Waals surface area contributed by atoms with Crippen molar-refractivity contribution in [1.82, 2.24) is 0 Å². The summed E-state index contributed by atoms with van der Waals surface area (Å²) in [5, 5.41) is 1.12. The molecule has 0 amide bonds. The monoisotopic (exact) mass is 242 g/mol. The zero-order chi connectivity index (χ0) is 11.7. The molecule has 0 saturated heterocycles. The average Bonchev–Trinajstić information content (AvgIpc) is 2.83. The Morgan fingerprint density at radius 3 is 2.53 bits per heavy atom. The highest BCUT2D eigenvalue weighted by atomic mass is 35.5. The van der Waals surface area contributed by atoms with Crippen molar-refractivity contribution in [2.24, 2.45) is 0 Å². The van der Waals surface area contributed by atoms with Gasteiger partial charge in [0.25, 0.3) is 0 Å². The van der Waals surface area contributed by atoms with Gasteiger partial charge in [-0.25, -0.2) is 0 Å². The van der Waals surface area contributed by atoms with Crippen LogP contribution in [0.2, 0.25) is 0 Å². The molecule has 3 rings (SSSR count). The van der Waals surface area contributed by atoms with Crippen LogP contribution in [0.4, 0.5) is 0 Å². The minimum absolute atomic E-state index is 0.471. The van der Waals surface area contributed by atoms with Gasteiger partial charge in [-0.2, -0.15) is 0 Å². The molecular weight excluding hydrogens is 232 g/mol. The Bertz CT molecular complexity index is 640. The molecule has 1 aromatic heterocycles. The van der Waals surface area contributed by atoms with Crippen LogP contribution < -0.4 is 0 Å². The molecule has 0 N–H and O–H groups in total.